The number of carboxylic acids is 1. The van der Waals surface area contributed by atoms with E-state index < -0.39 is 12.0 Å². The number of nitrogens with one attached hydrogen (secondary N) is 1. The van der Waals surface area contributed by atoms with E-state index in [1.54, 1.807) is 6.92 Å². The van der Waals surface area contributed by atoms with Crippen LogP contribution in [0.5, 0.6) is 0 Å². The largest absolute Gasteiger partial charge is 0.481 e. The lowest BCUT2D eigenvalue weighted by Crippen LogP contribution is -2.38. The molecule has 0 aromatic heterocycles. The van der Waals surface area contributed by atoms with E-state index in [-0.39, 0.29) is 12.3 Å². The molecule has 0 radical (unpaired) electrons. The molecule has 0 aromatic rings. The summed E-state index contributed by atoms with van der Waals surface area (Å²) in [4.78, 5) is 21.0. The summed E-state index contributed by atoms with van der Waals surface area (Å²) in [6, 6.07) is -0.500. The minimum Gasteiger partial charge on any atom is -0.481 e. The highest BCUT2D eigenvalue weighted by Crippen LogP contribution is 1.93. The number of carboxylic acid groups (broad SMARTS) is 1. The zero-order valence-electron chi connectivity index (χ0n) is 7.75. The maximum Gasteiger partial charge on any atom is 0.303 e. The average molecular weight is 188 g/mol. The Hall–Kier alpha value is -1.10. The second-order valence-corrected chi connectivity index (χ2v) is 2.93. The highest BCUT2D eigenvalue weighted by atomic mass is 16.4. The van der Waals surface area contributed by atoms with Crippen LogP contribution in [0.15, 0.2) is 0 Å². The third kappa shape index (κ3) is 7.27. The van der Waals surface area contributed by atoms with Crippen molar-refractivity contribution in [3.8, 4) is 0 Å². The van der Waals surface area contributed by atoms with Crippen molar-refractivity contribution in [2.24, 2.45) is 5.73 Å². The van der Waals surface area contributed by atoms with E-state index in [0.717, 1.165) is 0 Å². The van der Waals surface area contributed by atoms with Crippen molar-refractivity contribution in [3.05, 3.63) is 0 Å². The van der Waals surface area contributed by atoms with Crippen LogP contribution in [0.2, 0.25) is 0 Å². The first-order chi connectivity index (χ1) is 6.04. The van der Waals surface area contributed by atoms with Gasteiger partial charge in [0.05, 0.1) is 6.04 Å². The topological polar surface area (TPSA) is 92.4 Å². The van der Waals surface area contributed by atoms with Crippen LogP contribution >= 0.6 is 0 Å². The molecule has 0 unspecified atom stereocenters. The molecule has 4 N–H and O–H groups in total. The van der Waals surface area contributed by atoms with Gasteiger partial charge in [0.25, 0.3) is 0 Å². The summed E-state index contributed by atoms with van der Waals surface area (Å²) in [6.07, 6.45) is 1.40. The van der Waals surface area contributed by atoms with E-state index >= 15 is 0 Å². The predicted molar refractivity (Wildman–Crippen MR) is 48.1 cm³/mol. The monoisotopic (exact) mass is 188 g/mol. The van der Waals surface area contributed by atoms with Crippen LogP contribution in [0, 0.1) is 0 Å². The second-order valence-electron chi connectivity index (χ2n) is 2.93. The number of carbonyl (C=O) groups excluding carboxylic acids is 1. The number of amides is 1. The van der Waals surface area contributed by atoms with Gasteiger partial charge in [0.15, 0.2) is 0 Å². The minimum absolute atomic E-state index is 0.147. The molecule has 1 atom stereocenters. The van der Waals surface area contributed by atoms with E-state index in [1.807, 2.05) is 0 Å². The lowest BCUT2D eigenvalue weighted by atomic mass is 10.2. The molecule has 0 saturated carbocycles. The van der Waals surface area contributed by atoms with Crippen molar-refractivity contribution in [1.29, 1.82) is 0 Å². The maximum atomic E-state index is 10.9. The number of carbonyl (C=O) groups is 2. The zero-order chi connectivity index (χ0) is 10.3. The second kappa shape index (κ2) is 6.42. The van der Waals surface area contributed by atoms with Crippen LogP contribution < -0.4 is 11.1 Å². The molecule has 0 aromatic carbocycles. The summed E-state index contributed by atoms with van der Waals surface area (Å²) in [5.41, 5.74) is 5.29. The van der Waals surface area contributed by atoms with Gasteiger partial charge in [0, 0.05) is 13.0 Å². The first-order valence-corrected chi connectivity index (χ1v) is 4.29. The normalized spacial score (nSPS) is 12.2. The molecular weight excluding hydrogens is 172 g/mol. The van der Waals surface area contributed by atoms with Crippen molar-refractivity contribution in [2.75, 3.05) is 6.54 Å². The molecule has 0 fully saturated rings. The van der Waals surface area contributed by atoms with Crippen LogP contribution in [0.25, 0.3) is 0 Å². The molecule has 0 spiro atoms. The van der Waals surface area contributed by atoms with Gasteiger partial charge in [-0.15, -0.1) is 0 Å². The molecule has 0 aliphatic rings. The third-order valence-electron chi connectivity index (χ3n) is 1.53. The fourth-order valence-electron chi connectivity index (χ4n) is 0.774. The Kier molecular flexibility index (Phi) is 5.88. The number of hydrogen-bond donors (Lipinski definition) is 3. The third-order valence-corrected chi connectivity index (χ3v) is 1.53. The van der Waals surface area contributed by atoms with Crippen molar-refractivity contribution < 1.29 is 14.7 Å². The van der Waals surface area contributed by atoms with E-state index in [0.29, 0.717) is 19.4 Å². The summed E-state index contributed by atoms with van der Waals surface area (Å²) < 4.78 is 0. The molecule has 0 rings (SSSR count). The minimum atomic E-state index is -0.807. The molecular formula is C8H16N2O3. The Bertz CT molecular complexity index is 180. The van der Waals surface area contributed by atoms with E-state index in [2.05, 4.69) is 5.32 Å². The molecule has 13 heavy (non-hydrogen) atoms. The van der Waals surface area contributed by atoms with Gasteiger partial charge < -0.3 is 16.2 Å². The molecule has 0 bridgehead atoms. The van der Waals surface area contributed by atoms with E-state index in [1.165, 1.54) is 0 Å². The first kappa shape index (κ1) is 11.9. The SMILES string of the molecule is C[C@H](N)C(=O)NCCCCC(=O)O. The van der Waals surface area contributed by atoms with Crippen LogP contribution in [-0.4, -0.2) is 29.6 Å². The van der Waals surface area contributed by atoms with Gasteiger partial charge in [-0.05, 0) is 19.8 Å². The molecule has 1 amide bonds. The van der Waals surface area contributed by atoms with E-state index in [4.69, 9.17) is 10.8 Å². The zero-order valence-corrected chi connectivity index (χ0v) is 7.75. The van der Waals surface area contributed by atoms with E-state index in [9.17, 15) is 9.59 Å². The lowest BCUT2D eigenvalue weighted by molar-refractivity contribution is -0.137. The number of rotatable bonds is 6. The lowest BCUT2D eigenvalue weighted by Gasteiger charge is -2.06. The van der Waals surface area contributed by atoms with Gasteiger partial charge in [-0.25, -0.2) is 0 Å². The number of aliphatic carboxylic acids is 1. The van der Waals surface area contributed by atoms with Gasteiger partial charge in [-0.3, -0.25) is 9.59 Å². The predicted octanol–water partition coefficient (Wildman–Crippen LogP) is -0.295. The Morgan fingerprint density at radius 2 is 2.08 bits per heavy atom. The van der Waals surface area contributed by atoms with Crippen LogP contribution in [0.4, 0.5) is 0 Å². The fraction of sp³-hybridized carbons (Fsp3) is 0.750. The van der Waals surface area contributed by atoms with Gasteiger partial charge in [0.1, 0.15) is 0 Å². The molecule has 0 aliphatic carbocycles. The van der Waals surface area contributed by atoms with Crippen molar-refractivity contribution in [2.45, 2.75) is 32.2 Å². The summed E-state index contributed by atoms with van der Waals surface area (Å²) >= 11 is 0. The molecule has 5 heteroatoms. The Balaban J connectivity index is 3.26. The number of unbranched alkanes of at least 4 members (excludes halogenated alkanes) is 1. The number of hydrogen-bond acceptors (Lipinski definition) is 3. The number of nitrogens with two attached hydrogens (primary N) is 1. The van der Waals surface area contributed by atoms with Crippen molar-refractivity contribution in [1.82, 2.24) is 5.32 Å². The Labute approximate surface area is 77.3 Å². The van der Waals surface area contributed by atoms with Gasteiger partial charge in [0.2, 0.25) is 5.91 Å². The van der Waals surface area contributed by atoms with Crippen LogP contribution in [0.1, 0.15) is 26.2 Å². The smallest absolute Gasteiger partial charge is 0.303 e. The Morgan fingerprint density at radius 3 is 2.54 bits per heavy atom. The van der Waals surface area contributed by atoms with Crippen LogP contribution in [-0.2, 0) is 9.59 Å². The molecule has 0 saturated heterocycles. The molecule has 0 aliphatic heterocycles. The molecule has 0 heterocycles. The van der Waals surface area contributed by atoms with Gasteiger partial charge in [-0.2, -0.15) is 0 Å². The first-order valence-electron chi connectivity index (χ1n) is 4.29. The van der Waals surface area contributed by atoms with Gasteiger partial charge >= 0.3 is 5.97 Å². The fourth-order valence-corrected chi connectivity index (χ4v) is 0.774. The standard InChI is InChI=1S/C8H16N2O3/c1-6(9)8(13)10-5-3-2-4-7(11)12/h6H,2-5,9H2,1H3,(H,10,13)(H,11,12)/t6-/m0/s1. The molecule has 5 nitrogen and oxygen atoms in total. The maximum absolute atomic E-state index is 10.9. The summed E-state index contributed by atoms with van der Waals surface area (Å²) in [6.45, 7) is 2.10. The Morgan fingerprint density at radius 1 is 1.46 bits per heavy atom. The van der Waals surface area contributed by atoms with Crippen molar-refractivity contribution in [3.63, 3.8) is 0 Å². The summed E-state index contributed by atoms with van der Waals surface area (Å²) in [5.74, 6) is -1.01. The average Bonchev–Trinajstić information content (AvgIpc) is 2.02. The quantitative estimate of drug-likeness (QED) is 0.499. The summed E-state index contributed by atoms with van der Waals surface area (Å²) in [5, 5.41) is 10.9. The van der Waals surface area contributed by atoms with Crippen molar-refractivity contribution >= 4 is 11.9 Å². The molecule has 76 valence electrons. The summed E-state index contributed by atoms with van der Waals surface area (Å²) in [7, 11) is 0. The highest BCUT2D eigenvalue weighted by Gasteiger charge is 2.05. The highest BCUT2D eigenvalue weighted by molar-refractivity contribution is 5.80. The van der Waals surface area contributed by atoms with Crippen LogP contribution in [0.3, 0.4) is 0 Å². The van der Waals surface area contributed by atoms with Gasteiger partial charge in [-0.1, -0.05) is 0 Å².